The molecule has 1 unspecified atom stereocenters. The number of carboxylic acids is 1. The van der Waals surface area contributed by atoms with Crippen molar-refractivity contribution in [2.45, 2.75) is 19.0 Å². The summed E-state index contributed by atoms with van der Waals surface area (Å²) in [6, 6.07) is 6.35. The minimum atomic E-state index is -3.08. The summed E-state index contributed by atoms with van der Waals surface area (Å²) in [5.41, 5.74) is 0.595. The van der Waals surface area contributed by atoms with Crippen LogP contribution < -0.4 is 0 Å². The van der Waals surface area contributed by atoms with E-state index >= 15 is 0 Å². The molecule has 0 spiro atoms. The maximum absolute atomic E-state index is 11.5. The number of phenolic OH excluding ortho intramolecular Hbond substituents is 1. The number of hydrogen-bond donors (Lipinski definition) is 2. The summed E-state index contributed by atoms with van der Waals surface area (Å²) < 4.78 is 23.1. The normalized spacial score (nSPS) is 21.1. The van der Waals surface area contributed by atoms with Gasteiger partial charge in [0.05, 0.1) is 18.1 Å². The average Bonchev–Trinajstić information content (AvgIpc) is 2.71. The van der Waals surface area contributed by atoms with E-state index in [-0.39, 0.29) is 36.4 Å². The Labute approximate surface area is 117 Å². The highest BCUT2D eigenvalue weighted by Crippen LogP contribution is 2.23. The minimum absolute atomic E-state index is 0.0200. The number of benzene rings is 1. The highest BCUT2D eigenvalue weighted by atomic mass is 32.2. The fourth-order valence-corrected chi connectivity index (χ4v) is 4.18. The van der Waals surface area contributed by atoms with E-state index in [0.29, 0.717) is 12.0 Å². The number of hydrogen-bond acceptors (Lipinski definition) is 5. The van der Waals surface area contributed by atoms with Gasteiger partial charge in [0.25, 0.3) is 0 Å². The van der Waals surface area contributed by atoms with Gasteiger partial charge in [-0.05, 0) is 12.5 Å². The number of phenols is 1. The van der Waals surface area contributed by atoms with Crippen LogP contribution in [0.5, 0.6) is 5.75 Å². The Morgan fingerprint density at radius 1 is 1.35 bits per heavy atom. The lowest BCUT2D eigenvalue weighted by Crippen LogP contribution is -2.39. The third-order valence-electron chi connectivity index (χ3n) is 3.43. The van der Waals surface area contributed by atoms with E-state index in [1.807, 2.05) is 0 Å². The summed E-state index contributed by atoms with van der Waals surface area (Å²) in [5.74, 6) is -0.851. The first-order chi connectivity index (χ1) is 9.37. The van der Waals surface area contributed by atoms with Crippen molar-refractivity contribution in [1.82, 2.24) is 4.90 Å². The van der Waals surface area contributed by atoms with Crippen LogP contribution >= 0.6 is 0 Å². The SMILES string of the molecule is O=C(O)CN(Cc1ccccc1O)C1CCS(=O)(=O)C1. The molecule has 1 heterocycles. The van der Waals surface area contributed by atoms with Crippen molar-refractivity contribution >= 4 is 15.8 Å². The van der Waals surface area contributed by atoms with Crippen LogP contribution in [0.1, 0.15) is 12.0 Å². The lowest BCUT2D eigenvalue weighted by atomic mass is 10.1. The first-order valence-corrected chi connectivity index (χ1v) is 8.12. The lowest BCUT2D eigenvalue weighted by Gasteiger charge is -2.26. The predicted molar refractivity (Wildman–Crippen MR) is 73.2 cm³/mol. The molecule has 1 atom stereocenters. The molecule has 2 N–H and O–H groups in total. The number of aromatic hydroxyl groups is 1. The molecule has 7 heteroatoms. The van der Waals surface area contributed by atoms with Gasteiger partial charge in [-0.3, -0.25) is 9.69 Å². The molecule has 0 radical (unpaired) electrons. The van der Waals surface area contributed by atoms with Gasteiger partial charge < -0.3 is 10.2 Å². The van der Waals surface area contributed by atoms with Crippen LogP contribution in [-0.2, 0) is 21.2 Å². The standard InChI is InChI=1S/C13H17NO5S/c15-12-4-2-1-3-10(12)7-14(8-13(16)17)11-5-6-20(18,19)9-11/h1-4,11,15H,5-9H2,(H,16,17). The van der Waals surface area contributed by atoms with Gasteiger partial charge in [0.15, 0.2) is 9.84 Å². The zero-order chi connectivity index (χ0) is 14.8. The molecule has 0 bridgehead atoms. The monoisotopic (exact) mass is 299 g/mol. The van der Waals surface area contributed by atoms with E-state index in [4.69, 9.17) is 5.11 Å². The Bertz CT molecular complexity index is 599. The second kappa shape index (κ2) is 5.80. The second-order valence-electron chi connectivity index (χ2n) is 4.98. The maximum Gasteiger partial charge on any atom is 0.317 e. The second-order valence-corrected chi connectivity index (χ2v) is 7.21. The Kier molecular flexibility index (Phi) is 4.29. The predicted octanol–water partition coefficient (Wildman–Crippen LogP) is 0.466. The van der Waals surface area contributed by atoms with E-state index in [9.17, 15) is 18.3 Å². The molecule has 6 nitrogen and oxygen atoms in total. The molecule has 1 saturated heterocycles. The van der Waals surface area contributed by atoms with Gasteiger partial charge in [0, 0.05) is 18.2 Å². The number of nitrogens with zero attached hydrogens (tertiary/aromatic N) is 1. The number of sulfone groups is 1. The molecule has 20 heavy (non-hydrogen) atoms. The smallest absolute Gasteiger partial charge is 0.317 e. The molecule has 1 aliphatic rings. The van der Waals surface area contributed by atoms with Crippen LogP contribution in [0.4, 0.5) is 0 Å². The van der Waals surface area contributed by atoms with Crippen molar-refractivity contribution in [3.8, 4) is 5.75 Å². The molecular formula is C13H17NO5S. The molecule has 0 amide bonds. The van der Waals surface area contributed by atoms with Gasteiger partial charge in [0.1, 0.15) is 5.75 Å². The van der Waals surface area contributed by atoms with Gasteiger partial charge in [-0.25, -0.2) is 8.42 Å². The molecule has 0 aliphatic carbocycles. The van der Waals surface area contributed by atoms with Crippen LogP contribution in [0.2, 0.25) is 0 Å². The molecule has 1 aromatic rings. The summed E-state index contributed by atoms with van der Waals surface area (Å²) >= 11 is 0. The van der Waals surface area contributed by atoms with Crippen molar-refractivity contribution < 1.29 is 23.4 Å². The topological polar surface area (TPSA) is 94.9 Å². The van der Waals surface area contributed by atoms with Crippen LogP contribution in [0.25, 0.3) is 0 Å². The number of para-hydroxylation sites is 1. The number of carbonyl (C=O) groups is 1. The Balaban J connectivity index is 2.16. The molecule has 110 valence electrons. The van der Waals surface area contributed by atoms with Crippen molar-refractivity contribution in [3.63, 3.8) is 0 Å². The van der Waals surface area contributed by atoms with Crippen molar-refractivity contribution in [3.05, 3.63) is 29.8 Å². The highest BCUT2D eigenvalue weighted by Gasteiger charge is 2.33. The summed E-state index contributed by atoms with van der Waals surface area (Å²) in [7, 11) is -3.08. The first kappa shape index (κ1) is 14.8. The van der Waals surface area contributed by atoms with E-state index in [1.54, 1.807) is 23.1 Å². The van der Waals surface area contributed by atoms with Gasteiger partial charge in [-0.2, -0.15) is 0 Å². The maximum atomic E-state index is 11.5. The number of carboxylic acid groups (broad SMARTS) is 1. The van der Waals surface area contributed by atoms with E-state index < -0.39 is 15.8 Å². The lowest BCUT2D eigenvalue weighted by molar-refractivity contribution is -0.139. The number of rotatable bonds is 5. The fourth-order valence-electron chi connectivity index (χ4n) is 2.41. The molecule has 2 rings (SSSR count). The fraction of sp³-hybridized carbons (Fsp3) is 0.462. The zero-order valence-electron chi connectivity index (χ0n) is 10.9. The summed E-state index contributed by atoms with van der Waals surface area (Å²) in [6.45, 7) is -0.0202. The van der Waals surface area contributed by atoms with Crippen molar-refractivity contribution in [1.29, 1.82) is 0 Å². The van der Waals surface area contributed by atoms with Gasteiger partial charge in [-0.1, -0.05) is 18.2 Å². The average molecular weight is 299 g/mol. The molecule has 1 aliphatic heterocycles. The molecular weight excluding hydrogens is 282 g/mol. The summed E-state index contributed by atoms with van der Waals surface area (Å²) in [6.07, 6.45) is 0.434. The van der Waals surface area contributed by atoms with Crippen LogP contribution in [-0.4, -0.2) is 53.6 Å². The molecule has 1 fully saturated rings. The Morgan fingerprint density at radius 2 is 2.05 bits per heavy atom. The molecule has 0 aromatic heterocycles. The third kappa shape index (κ3) is 3.71. The van der Waals surface area contributed by atoms with Gasteiger partial charge >= 0.3 is 5.97 Å². The van der Waals surface area contributed by atoms with Crippen molar-refractivity contribution in [2.24, 2.45) is 0 Å². The Hall–Kier alpha value is -1.60. The summed E-state index contributed by atoms with van der Waals surface area (Å²) in [5, 5.41) is 18.7. The zero-order valence-corrected chi connectivity index (χ0v) is 11.7. The Morgan fingerprint density at radius 3 is 2.60 bits per heavy atom. The highest BCUT2D eigenvalue weighted by molar-refractivity contribution is 7.91. The van der Waals surface area contributed by atoms with Gasteiger partial charge in [0.2, 0.25) is 0 Å². The largest absolute Gasteiger partial charge is 0.508 e. The number of aliphatic carboxylic acids is 1. The minimum Gasteiger partial charge on any atom is -0.508 e. The van der Waals surface area contributed by atoms with Crippen LogP contribution in [0, 0.1) is 0 Å². The van der Waals surface area contributed by atoms with Gasteiger partial charge in [-0.15, -0.1) is 0 Å². The quantitative estimate of drug-likeness (QED) is 0.820. The van der Waals surface area contributed by atoms with E-state index in [1.165, 1.54) is 6.07 Å². The van der Waals surface area contributed by atoms with E-state index in [0.717, 1.165) is 0 Å². The summed E-state index contributed by atoms with van der Waals surface area (Å²) in [4.78, 5) is 12.5. The van der Waals surface area contributed by atoms with Crippen LogP contribution in [0.3, 0.4) is 0 Å². The van der Waals surface area contributed by atoms with Crippen molar-refractivity contribution in [2.75, 3.05) is 18.1 Å². The van der Waals surface area contributed by atoms with E-state index in [2.05, 4.69) is 0 Å². The first-order valence-electron chi connectivity index (χ1n) is 6.30. The molecule has 1 aromatic carbocycles. The molecule has 0 saturated carbocycles. The van der Waals surface area contributed by atoms with Crippen LogP contribution in [0.15, 0.2) is 24.3 Å². The third-order valence-corrected chi connectivity index (χ3v) is 5.18.